The van der Waals surface area contributed by atoms with Gasteiger partial charge in [-0.3, -0.25) is 4.79 Å². The van der Waals surface area contributed by atoms with E-state index in [9.17, 15) is 45.6 Å². The quantitative estimate of drug-likeness (QED) is 0.0603. The van der Waals surface area contributed by atoms with Crippen LogP contribution < -0.4 is 5.32 Å². The predicted molar refractivity (Wildman–Crippen MR) is 183 cm³/mol. The van der Waals surface area contributed by atoms with Gasteiger partial charge in [-0.25, -0.2) is 0 Å². The highest BCUT2D eigenvalue weighted by atomic mass is 16.8. The van der Waals surface area contributed by atoms with Crippen molar-refractivity contribution in [3.8, 4) is 0 Å². The SMILES string of the molecule is C=CCCCO[C@@H]1OC(C)[C@H](O)[C@H](O)C1O[C@@H]1OC(C)[C@H](O)[C@H](O[C@@H]2OC(C)[C@H](O)[C@H](O[C@@H]3OC(C)[C@@H](NC(=O)CC(C)(C)O)[C@H](O)C3OC)C2O)C1O. The number of rotatable bonds is 15. The number of aliphatic hydroxyl groups is 8. The highest BCUT2D eigenvalue weighted by Gasteiger charge is 2.54. The number of hydrogen-bond donors (Lipinski definition) is 9. The number of allylic oxidation sites excluding steroid dienone is 1. The number of nitrogens with one attached hydrogen (secondary N) is 1. The number of hydrogen-bond acceptors (Lipinski definition) is 18. The van der Waals surface area contributed by atoms with E-state index in [4.69, 9.17) is 42.6 Å². The lowest BCUT2D eigenvalue weighted by Crippen LogP contribution is -2.67. The van der Waals surface area contributed by atoms with Gasteiger partial charge in [0.1, 0.15) is 67.1 Å². The molecule has 4 saturated heterocycles. The van der Waals surface area contributed by atoms with Crippen LogP contribution in [0.2, 0.25) is 0 Å². The summed E-state index contributed by atoms with van der Waals surface area (Å²) in [5, 5.41) is 90.4. The summed E-state index contributed by atoms with van der Waals surface area (Å²) in [6.07, 6.45) is -23.1. The highest BCUT2D eigenvalue weighted by Crippen LogP contribution is 2.35. The summed E-state index contributed by atoms with van der Waals surface area (Å²) in [5.41, 5.74) is -1.30. The molecule has 0 saturated carbocycles. The van der Waals surface area contributed by atoms with Crippen LogP contribution in [0.5, 0.6) is 0 Å². The van der Waals surface area contributed by atoms with Crippen molar-refractivity contribution in [3.05, 3.63) is 12.7 Å². The van der Waals surface area contributed by atoms with Crippen molar-refractivity contribution >= 4 is 5.91 Å². The van der Waals surface area contributed by atoms with E-state index in [0.717, 1.165) is 0 Å². The van der Waals surface area contributed by atoms with Gasteiger partial charge in [-0.05, 0) is 54.4 Å². The molecule has 0 spiro atoms. The normalized spacial score (nSPS) is 46.2. The van der Waals surface area contributed by atoms with E-state index >= 15 is 0 Å². The van der Waals surface area contributed by atoms with Crippen molar-refractivity contribution in [2.24, 2.45) is 0 Å². The van der Waals surface area contributed by atoms with Crippen molar-refractivity contribution < 1.29 is 88.3 Å². The van der Waals surface area contributed by atoms with Gasteiger partial charge < -0.3 is 88.8 Å². The Morgan fingerprint density at radius 1 is 0.667 bits per heavy atom. The number of unbranched alkanes of at least 4 members (excludes halogenated alkanes) is 1. The molecule has 0 aromatic heterocycles. The molecule has 20 atom stereocenters. The summed E-state index contributed by atoms with van der Waals surface area (Å²) < 4.78 is 52.5. The van der Waals surface area contributed by atoms with Gasteiger partial charge in [0.15, 0.2) is 25.2 Å². The largest absolute Gasteiger partial charge is 0.390 e. The van der Waals surface area contributed by atoms with Crippen LogP contribution in [-0.2, 0) is 47.4 Å². The third-order valence-corrected chi connectivity index (χ3v) is 10.1. The van der Waals surface area contributed by atoms with E-state index in [0.29, 0.717) is 12.8 Å². The van der Waals surface area contributed by atoms with Gasteiger partial charge in [-0.2, -0.15) is 0 Å². The Morgan fingerprint density at radius 2 is 1.15 bits per heavy atom. The van der Waals surface area contributed by atoms with Crippen LogP contribution in [0, 0.1) is 0 Å². The Hall–Kier alpha value is -1.47. The first-order valence-electron chi connectivity index (χ1n) is 18.4. The van der Waals surface area contributed by atoms with Gasteiger partial charge in [0.2, 0.25) is 5.91 Å². The fourth-order valence-corrected chi connectivity index (χ4v) is 6.92. The second-order valence-corrected chi connectivity index (χ2v) is 15.2. The Kier molecular flexibility index (Phi) is 16.2. The molecule has 4 rings (SSSR count). The number of methoxy groups -OCH3 is 1. The Morgan fingerprint density at radius 3 is 1.67 bits per heavy atom. The summed E-state index contributed by atoms with van der Waals surface area (Å²) in [6.45, 7) is 12.9. The van der Waals surface area contributed by atoms with Crippen LogP contribution in [0.3, 0.4) is 0 Å². The second kappa shape index (κ2) is 19.3. The van der Waals surface area contributed by atoms with E-state index in [1.54, 1.807) is 19.9 Å². The fraction of sp³-hybridized carbons (Fsp3) is 0.914. The Labute approximate surface area is 315 Å². The lowest BCUT2D eigenvalue weighted by molar-refractivity contribution is -0.387. The standard InChI is InChI=1S/C35H61NO18/c1-9-10-11-12-47-33-30(24(42)20(38)15(3)51-33)54-32-25(43)27(21(39)16(4)50-32)52-31-26(44)28(22(40)17(5)49-31)53-34-29(46-8)23(41)19(14(2)48-34)36-18(37)13-35(6,7)45/h9,14-17,19-34,38-45H,1,10-13H2,2-8H3,(H,36,37)/t14?,15?,16?,17?,19-,20+,21+,22+,23+,24+,25?,26?,27+,28+,29?,30?,31+,32+,33-,34+/m1/s1. The van der Waals surface area contributed by atoms with Gasteiger partial charge in [-0.15, -0.1) is 6.58 Å². The minimum absolute atomic E-state index is 0.209. The molecule has 0 radical (unpaired) electrons. The van der Waals surface area contributed by atoms with E-state index in [1.165, 1.54) is 34.8 Å². The van der Waals surface area contributed by atoms with Crippen molar-refractivity contribution in [3.63, 3.8) is 0 Å². The number of carbonyl (C=O) groups is 1. The number of carbonyl (C=O) groups excluding carboxylic acids is 1. The van der Waals surface area contributed by atoms with Crippen molar-refractivity contribution in [1.29, 1.82) is 0 Å². The molecule has 4 aliphatic heterocycles. The number of aliphatic hydroxyl groups excluding tert-OH is 7. The minimum Gasteiger partial charge on any atom is -0.390 e. The van der Waals surface area contributed by atoms with Crippen LogP contribution in [0.25, 0.3) is 0 Å². The first kappa shape index (κ1) is 45.2. The summed E-state index contributed by atoms with van der Waals surface area (Å²) in [6, 6.07) is -0.968. The molecule has 0 aliphatic carbocycles. The molecule has 314 valence electrons. The third-order valence-electron chi connectivity index (χ3n) is 10.1. The van der Waals surface area contributed by atoms with Crippen LogP contribution in [0.1, 0.15) is 60.8 Å². The van der Waals surface area contributed by atoms with E-state index in [-0.39, 0.29) is 13.0 Å². The van der Waals surface area contributed by atoms with Gasteiger partial charge in [-0.1, -0.05) is 6.08 Å². The Balaban J connectivity index is 1.47. The van der Waals surface area contributed by atoms with E-state index < -0.39 is 134 Å². The summed E-state index contributed by atoms with van der Waals surface area (Å²) in [4.78, 5) is 12.5. The molecule has 54 heavy (non-hydrogen) atoms. The minimum atomic E-state index is -1.77. The third kappa shape index (κ3) is 10.7. The maximum Gasteiger partial charge on any atom is 0.223 e. The van der Waals surface area contributed by atoms with Gasteiger partial charge in [0.25, 0.3) is 0 Å². The highest BCUT2D eigenvalue weighted by molar-refractivity contribution is 5.77. The van der Waals surface area contributed by atoms with E-state index in [2.05, 4.69) is 11.9 Å². The maximum absolute atomic E-state index is 12.5. The molecule has 4 fully saturated rings. The van der Waals surface area contributed by atoms with Crippen LogP contribution in [-0.4, -0.2) is 189 Å². The topological polar surface area (TPSA) is 274 Å². The van der Waals surface area contributed by atoms with Gasteiger partial charge in [0, 0.05) is 7.11 Å². The first-order chi connectivity index (χ1) is 25.3. The molecular formula is C35H61NO18. The second-order valence-electron chi connectivity index (χ2n) is 15.2. The lowest BCUT2D eigenvalue weighted by Gasteiger charge is -2.49. The van der Waals surface area contributed by atoms with Gasteiger partial charge >= 0.3 is 0 Å². The van der Waals surface area contributed by atoms with Gasteiger partial charge in [0.05, 0.1) is 49.1 Å². The van der Waals surface area contributed by atoms with E-state index in [1.807, 2.05) is 0 Å². The number of ether oxygens (including phenoxy) is 9. The summed E-state index contributed by atoms with van der Waals surface area (Å²) >= 11 is 0. The van der Waals surface area contributed by atoms with Crippen LogP contribution >= 0.6 is 0 Å². The van der Waals surface area contributed by atoms with Crippen LogP contribution in [0.15, 0.2) is 12.7 Å². The monoisotopic (exact) mass is 783 g/mol. The molecule has 4 aliphatic rings. The molecular weight excluding hydrogens is 722 g/mol. The molecule has 19 nitrogen and oxygen atoms in total. The molecule has 8 unspecified atom stereocenters. The van der Waals surface area contributed by atoms with Crippen molar-refractivity contribution in [1.82, 2.24) is 5.32 Å². The molecule has 0 aromatic carbocycles. The lowest BCUT2D eigenvalue weighted by atomic mass is 9.94. The number of amides is 1. The van der Waals surface area contributed by atoms with Crippen molar-refractivity contribution in [2.75, 3.05) is 13.7 Å². The summed E-state index contributed by atoms with van der Waals surface area (Å²) in [5.74, 6) is -0.539. The molecule has 9 N–H and O–H groups in total. The average molecular weight is 784 g/mol. The Bertz CT molecular complexity index is 1190. The zero-order chi connectivity index (χ0) is 40.2. The maximum atomic E-state index is 12.5. The average Bonchev–Trinajstić information content (AvgIpc) is 3.09. The van der Waals surface area contributed by atoms with Crippen LogP contribution in [0.4, 0.5) is 0 Å². The zero-order valence-electron chi connectivity index (χ0n) is 31.8. The smallest absolute Gasteiger partial charge is 0.223 e. The fourth-order valence-electron chi connectivity index (χ4n) is 6.92. The molecule has 0 aromatic rings. The summed E-state index contributed by atoms with van der Waals surface area (Å²) in [7, 11) is 1.27. The predicted octanol–water partition coefficient (Wildman–Crippen LogP) is -2.71. The molecule has 4 heterocycles. The first-order valence-corrected chi connectivity index (χ1v) is 18.4. The zero-order valence-corrected chi connectivity index (χ0v) is 31.8. The molecule has 0 bridgehead atoms. The molecule has 1 amide bonds. The molecule has 19 heteroatoms. The van der Waals surface area contributed by atoms with Crippen molar-refractivity contribution in [2.45, 2.75) is 189 Å².